The number of aryl methyl sites for hydroxylation is 1. The van der Waals surface area contributed by atoms with Crippen molar-refractivity contribution in [3.63, 3.8) is 0 Å². The number of hydrogen-bond donors (Lipinski definition) is 0. The summed E-state index contributed by atoms with van der Waals surface area (Å²) in [5.74, 6) is -2.34. The minimum absolute atomic E-state index is 0.0485. The van der Waals surface area contributed by atoms with Gasteiger partial charge in [-0.1, -0.05) is 48.5 Å². The van der Waals surface area contributed by atoms with E-state index in [-0.39, 0.29) is 17.2 Å². The Morgan fingerprint density at radius 3 is 2.04 bits per heavy atom. The largest absolute Gasteiger partial charge is 0.374 e. The highest BCUT2D eigenvalue weighted by Crippen LogP contribution is 2.34. The molecule has 0 bridgehead atoms. The Morgan fingerprint density at radius 2 is 1.43 bits per heavy atom. The molecule has 3 aromatic rings. The first-order valence-electron chi connectivity index (χ1n) is 9.51. The first-order valence-corrected chi connectivity index (χ1v) is 9.51. The quantitative estimate of drug-likeness (QED) is 0.474. The third-order valence-corrected chi connectivity index (χ3v) is 5.34. The van der Waals surface area contributed by atoms with Crippen LogP contribution in [-0.4, -0.2) is 6.61 Å². The van der Waals surface area contributed by atoms with Crippen molar-refractivity contribution < 1.29 is 17.9 Å². The van der Waals surface area contributed by atoms with Crippen LogP contribution in [0.1, 0.15) is 36.5 Å². The van der Waals surface area contributed by atoms with Crippen LogP contribution in [0.4, 0.5) is 13.2 Å². The van der Waals surface area contributed by atoms with Crippen molar-refractivity contribution in [2.75, 3.05) is 6.61 Å². The molecule has 1 fully saturated rings. The Hall–Kier alpha value is -2.59. The molecule has 0 aromatic heterocycles. The SMILES string of the molecule is Cc1ccc(-c2ccc(-c3ccc(C4CCCCO4)cc3)c(F)c2F)cc1F. The lowest BCUT2D eigenvalue weighted by atomic mass is 9.96. The minimum Gasteiger partial charge on any atom is -0.374 e. The Labute approximate surface area is 162 Å². The lowest BCUT2D eigenvalue weighted by Crippen LogP contribution is -2.11. The van der Waals surface area contributed by atoms with Crippen molar-refractivity contribution in [2.45, 2.75) is 32.3 Å². The average Bonchev–Trinajstić information content (AvgIpc) is 2.73. The van der Waals surface area contributed by atoms with Crippen LogP contribution in [0.2, 0.25) is 0 Å². The summed E-state index contributed by atoms with van der Waals surface area (Å²) in [7, 11) is 0. The average molecular weight is 382 g/mol. The van der Waals surface area contributed by atoms with Crippen LogP contribution in [-0.2, 0) is 4.74 Å². The van der Waals surface area contributed by atoms with Crippen LogP contribution in [0.3, 0.4) is 0 Å². The molecule has 0 radical (unpaired) electrons. The second-order valence-corrected chi connectivity index (χ2v) is 7.23. The fourth-order valence-electron chi connectivity index (χ4n) is 3.64. The second-order valence-electron chi connectivity index (χ2n) is 7.23. The maximum Gasteiger partial charge on any atom is 0.167 e. The van der Waals surface area contributed by atoms with Crippen LogP contribution in [0.25, 0.3) is 22.3 Å². The van der Waals surface area contributed by atoms with Crippen molar-refractivity contribution in [2.24, 2.45) is 0 Å². The molecule has 1 unspecified atom stereocenters. The van der Waals surface area contributed by atoms with E-state index in [9.17, 15) is 13.2 Å². The number of ether oxygens (including phenoxy) is 1. The van der Waals surface area contributed by atoms with Crippen LogP contribution >= 0.6 is 0 Å². The van der Waals surface area contributed by atoms with E-state index in [0.717, 1.165) is 31.4 Å². The maximum absolute atomic E-state index is 14.8. The normalized spacial score (nSPS) is 16.9. The Morgan fingerprint density at radius 1 is 0.786 bits per heavy atom. The summed E-state index contributed by atoms with van der Waals surface area (Å²) in [4.78, 5) is 0. The van der Waals surface area contributed by atoms with Crippen LogP contribution < -0.4 is 0 Å². The predicted molar refractivity (Wildman–Crippen MR) is 104 cm³/mol. The van der Waals surface area contributed by atoms with Gasteiger partial charge in [-0.15, -0.1) is 0 Å². The van der Waals surface area contributed by atoms with E-state index in [2.05, 4.69) is 0 Å². The molecule has 144 valence electrons. The highest BCUT2D eigenvalue weighted by Gasteiger charge is 2.19. The molecule has 1 saturated heterocycles. The van der Waals surface area contributed by atoms with Gasteiger partial charge in [0.1, 0.15) is 5.82 Å². The fourth-order valence-corrected chi connectivity index (χ4v) is 3.64. The van der Waals surface area contributed by atoms with Gasteiger partial charge in [0.2, 0.25) is 0 Å². The van der Waals surface area contributed by atoms with Crippen molar-refractivity contribution in [1.82, 2.24) is 0 Å². The van der Waals surface area contributed by atoms with E-state index in [1.54, 1.807) is 31.2 Å². The number of rotatable bonds is 3. The second kappa shape index (κ2) is 7.80. The summed E-state index contributed by atoms with van der Waals surface area (Å²) in [6.45, 7) is 2.38. The first kappa shape index (κ1) is 18.8. The number of halogens is 3. The van der Waals surface area contributed by atoms with Crippen molar-refractivity contribution in [3.8, 4) is 22.3 Å². The summed E-state index contributed by atoms with van der Waals surface area (Å²) in [6.07, 6.45) is 3.26. The summed E-state index contributed by atoms with van der Waals surface area (Å²) >= 11 is 0. The number of benzene rings is 3. The van der Waals surface area contributed by atoms with Gasteiger partial charge in [0, 0.05) is 17.7 Å². The molecule has 1 heterocycles. The first-order chi connectivity index (χ1) is 13.5. The molecule has 4 heteroatoms. The number of hydrogen-bond acceptors (Lipinski definition) is 1. The van der Waals surface area contributed by atoms with E-state index in [0.29, 0.717) is 16.7 Å². The zero-order valence-electron chi connectivity index (χ0n) is 15.6. The van der Waals surface area contributed by atoms with Gasteiger partial charge in [0.15, 0.2) is 11.6 Å². The van der Waals surface area contributed by atoms with E-state index < -0.39 is 17.5 Å². The van der Waals surface area contributed by atoms with Crippen molar-refractivity contribution >= 4 is 0 Å². The fraction of sp³-hybridized carbons (Fsp3) is 0.250. The van der Waals surface area contributed by atoms with Gasteiger partial charge < -0.3 is 4.74 Å². The molecule has 0 saturated carbocycles. The van der Waals surface area contributed by atoms with Crippen LogP contribution in [0, 0.1) is 24.4 Å². The van der Waals surface area contributed by atoms with Crippen LogP contribution in [0.5, 0.6) is 0 Å². The molecule has 1 atom stereocenters. The topological polar surface area (TPSA) is 9.23 Å². The van der Waals surface area contributed by atoms with Gasteiger partial charge in [-0.05, 0) is 54.5 Å². The third kappa shape index (κ3) is 3.57. The summed E-state index contributed by atoms with van der Waals surface area (Å²) in [5.41, 5.74) is 2.66. The van der Waals surface area contributed by atoms with Crippen molar-refractivity contribution in [1.29, 1.82) is 0 Å². The molecule has 4 rings (SSSR count). The Kier molecular flexibility index (Phi) is 5.23. The summed E-state index contributed by atoms with van der Waals surface area (Å²) in [6, 6.07) is 14.8. The highest BCUT2D eigenvalue weighted by molar-refractivity contribution is 5.72. The van der Waals surface area contributed by atoms with Crippen molar-refractivity contribution in [3.05, 3.63) is 83.2 Å². The molecule has 0 N–H and O–H groups in total. The van der Waals surface area contributed by atoms with E-state index in [4.69, 9.17) is 4.74 Å². The minimum atomic E-state index is -0.972. The predicted octanol–water partition coefficient (Wildman–Crippen LogP) is 6.99. The maximum atomic E-state index is 14.8. The van der Waals surface area contributed by atoms with Gasteiger partial charge in [-0.25, -0.2) is 13.2 Å². The van der Waals surface area contributed by atoms with E-state index in [1.807, 2.05) is 12.1 Å². The summed E-state index contributed by atoms with van der Waals surface area (Å²) < 4.78 is 49.1. The third-order valence-electron chi connectivity index (χ3n) is 5.34. The zero-order valence-corrected chi connectivity index (χ0v) is 15.6. The molecule has 1 aliphatic heterocycles. The Balaban J connectivity index is 1.65. The molecule has 1 aliphatic rings. The molecular formula is C24H21F3O. The highest BCUT2D eigenvalue weighted by atomic mass is 19.2. The van der Waals surface area contributed by atoms with Gasteiger partial charge in [-0.3, -0.25) is 0 Å². The van der Waals surface area contributed by atoms with E-state index >= 15 is 0 Å². The molecule has 3 aromatic carbocycles. The molecule has 0 amide bonds. The zero-order chi connectivity index (χ0) is 19.7. The molecule has 0 spiro atoms. The molecular weight excluding hydrogens is 361 g/mol. The molecule has 0 aliphatic carbocycles. The van der Waals surface area contributed by atoms with Gasteiger partial charge >= 0.3 is 0 Å². The van der Waals surface area contributed by atoms with E-state index in [1.165, 1.54) is 18.2 Å². The van der Waals surface area contributed by atoms with Gasteiger partial charge in [0.05, 0.1) is 6.10 Å². The van der Waals surface area contributed by atoms with Crippen LogP contribution in [0.15, 0.2) is 54.6 Å². The monoisotopic (exact) mass is 382 g/mol. The molecule has 28 heavy (non-hydrogen) atoms. The summed E-state index contributed by atoms with van der Waals surface area (Å²) in [5, 5.41) is 0. The lowest BCUT2D eigenvalue weighted by Gasteiger charge is -2.23. The standard InChI is InChI=1S/C24H21F3O/c1-15-5-6-18(14-21(15)25)20-12-11-19(23(26)24(20)27)16-7-9-17(10-8-16)22-4-2-3-13-28-22/h5-12,14,22H,2-4,13H2,1H3. The van der Waals surface area contributed by atoms with Gasteiger partial charge in [-0.2, -0.15) is 0 Å². The Bertz CT molecular complexity index is 989. The molecule has 1 nitrogen and oxygen atoms in total. The van der Waals surface area contributed by atoms with Gasteiger partial charge in [0.25, 0.3) is 0 Å². The smallest absolute Gasteiger partial charge is 0.167 e. The lowest BCUT2D eigenvalue weighted by molar-refractivity contribution is 0.0149.